The van der Waals surface area contributed by atoms with Gasteiger partial charge in [0, 0.05) is 17.9 Å². The van der Waals surface area contributed by atoms with Crippen molar-refractivity contribution in [2.45, 2.75) is 88.0 Å². The molecule has 2 bridgehead atoms. The molecule has 3 fully saturated rings. The van der Waals surface area contributed by atoms with E-state index in [0.29, 0.717) is 30.9 Å². The number of nitrogens with zero attached hydrogens (tertiary/aromatic N) is 1. The van der Waals surface area contributed by atoms with E-state index in [0.717, 1.165) is 37.8 Å². The van der Waals surface area contributed by atoms with Crippen molar-refractivity contribution in [1.82, 2.24) is 4.90 Å². The molecule has 0 aromatic heterocycles. The van der Waals surface area contributed by atoms with E-state index in [-0.39, 0.29) is 22.0 Å². The van der Waals surface area contributed by atoms with Gasteiger partial charge in [0.2, 0.25) is 0 Å². The van der Waals surface area contributed by atoms with Crippen molar-refractivity contribution in [3.8, 4) is 5.75 Å². The number of carbonyl (C=O) groups is 1. The van der Waals surface area contributed by atoms with Crippen LogP contribution in [0.2, 0.25) is 0 Å². The average Bonchev–Trinajstić information content (AvgIpc) is 3.52. The Hall–Kier alpha value is -2.37. The molecule has 3 aliphatic carbocycles. The molecule has 1 aromatic rings. The summed E-state index contributed by atoms with van der Waals surface area (Å²) in [7, 11) is 0. The van der Waals surface area contributed by atoms with Crippen molar-refractivity contribution in [2.75, 3.05) is 13.2 Å². The van der Waals surface area contributed by atoms with Crippen LogP contribution in [0.15, 0.2) is 23.8 Å². The maximum atomic E-state index is 15.3. The van der Waals surface area contributed by atoms with Gasteiger partial charge in [-0.3, -0.25) is 4.79 Å². The van der Waals surface area contributed by atoms with Crippen LogP contribution >= 0.6 is 0 Å². The highest BCUT2D eigenvalue weighted by Crippen LogP contribution is 2.52. The van der Waals surface area contributed by atoms with Crippen LogP contribution in [0, 0.1) is 17.2 Å². The zero-order valence-corrected chi connectivity index (χ0v) is 21.1. The minimum Gasteiger partial charge on any atom is -0.493 e. The summed E-state index contributed by atoms with van der Waals surface area (Å²) in [6, 6.07) is -0.992. The molecule has 39 heavy (non-hydrogen) atoms. The molecule has 5 rings (SSSR count). The molecule has 4 aliphatic rings. The summed E-state index contributed by atoms with van der Waals surface area (Å²) in [5.74, 6) is -2.23. The number of likely N-dealkylation sites (tertiary alicyclic amines) is 1. The Balaban J connectivity index is 1.44. The number of carbonyl (C=O) groups excluding carboxylic acids is 1. The largest absolute Gasteiger partial charge is 0.493 e. The van der Waals surface area contributed by atoms with Crippen LogP contribution in [-0.2, 0) is 0 Å². The Bertz CT molecular complexity index is 1160. The number of rotatable bonds is 6. The van der Waals surface area contributed by atoms with Crippen molar-refractivity contribution >= 4 is 5.91 Å². The van der Waals surface area contributed by atoms with Gasteiger partial charge in [-0.2, -0.15) is 26.3 Å². The van der Waals surface area contributed by atoms with E-state index in [9.17, 15) is 40.6 Å². The molecule has 1 saturated heterocycles. The Kier molecular flexibility index (Phi) is 6.75. The molecular formula is C27H29F8NO3. The van der Waals surface area contributed by atoms with Gasteiger partial charge in [-0.25, -0.2) is 8.78 Å². The lowest BCUT2D eigenvalue weighted by molar-refractivity contribution is -0.380. The lowest BCUT2D eigenvalue weighted by Gasteiger charge is -2.40. The number of hydrogen-bond donors (Lipinski definition) is 1. The standard InChI is InChI=1S/C27H29F8NO3/c1-14-6-15-4-5-24(10-14,11-15)13-39-21-9-20(29)19(8-18(21)16-2-3-16)23(37)36-12-17(28)7-22(36)25(38,26(30,31)32)27(33,34)35/h4,8-9,14,16-17,22,38H,2-3,5-7,10-13H2,1H3/t14?,17-,22+,24?/m1/s1. The summed E-state index contributed by atoms with van der Waals surface area (Å²) in [5.41, 5.74) is -4.52. The van der Waals surface area contributed by atoms with Crippen LogP contribution in [-0.4, -0.2) is 59.2 Å². The molecule has 12 heteroatoms. The zero-order chi connectivity index (χ0) is 28.5. The minimum atomic E-state index is -6.26. The Morgan fingerprint density at radius 1 is 1.15 bits per heavy atom. The van der Waals surface area contributed by atoms with Crippen molar-refractivity contribution in [3.05, 3.63) is 40.7 Å². The third-order valence-corrected chi connectivity index (χ3v) is 8.56. The highest BCUT2D eigenvalue weighted by molar-refractivity contribution is 5.95. The number of aliphatic hydroxyl groups is 1. The van der Waals surface area contributed by atoms with Gasteiger partial charge in [0.15, 0.2) is 0 Å². The van der Waals surface area contributed by atoms with Gasteiger partial charge in [0.25, 0.3) is 11.5 Å². The Morgan fingerprint density at radius 3 is 2.44 bits per heavy atom. The molecule has 1 amide bonds. The first-order valence-electron chi connectivity index (χ1n) is 13.0. The van der Waals surface area contributed by atoms with Gasteiger partial charge in [-0.1, -0.05) is 18.6 Å². The summed E-state index contributed by atoms with van der Waals surface area (Å²) >= 11 is 0. The van der Waals surface area contributed by atoms with E-state index < -0.39 is 60.4 Å². The fraction of sp³-hybridized carbons (Fsp3) is 0.667. The quantitative estimate of drug-likeness (QED) is 0.310. The molecule has 4 nitrogen and oxygen atoms in total. The van der Waals surface area contributed by atoms with E-state index in [1.165, 1.54) is 5.57 Å². The normalized spacial score (nSPS) is 29.5. The Labute approximate surface area is 220 Å². The van der Waals surface area contributed by atoms with Crippen LogP contribution in [0.4, 0.5) is 35.1 Å². The number of allylic oxidation sites excluding steroid dienone is 2. The second-order valence-corrected chi connectivity index (χ2v) is 11.8. The van der Waals surface area contributed by atoms with Gasteiger partial charge < -0.3 is 14.7 Å². The fourth-order valence-corrected chi connectivity index (χ4v) is 6.63. The molecule has 2 unspecified atom stereocenters. The van der Waals surface area contributed by atoms with E-state index in [1.54, 1.807) is 0 Å². The number of alkyl halides is 7. The number of benzene rings is 1. The minimum absolute atomic E-state index is 0.0463. The summed E-state index contributed by atoms with van der Waals surface area (Å²) in [5, 5.41) is 9.87. The Morgan fingerprint density at radius 2 is 1.82 bits per heavy atom. The third-order valence-electron chi connectivity index (χ3n) is 8.56. The fourth-order valence-electron chi connectivity index (χ4n) is 6.63. The monoisotopic (exact) mass is 567 g/mol. The average molecular weight is 568 g/mol. The van der Waals surface area contributed by atoms with E-state index >= 15 is 4.39 Å². The molecule has 216 valence electrons. The topological polar surface area (TPSA) is 49.8 Å². The number of halogens is 8. The molecule has 4 atom stereocenters. The van der Waals surface area contributed by atoms with Gasteiger partial charge in [-0.05, 0) is 62.0 Å². The first kappa shape index (κ1) is 28.2. The maximum Gasteiger partial charge on any atom is 0.428 e. The molecule has 0 radical (unpaired) electrons. The second-order valence-electron chi connectivity index (χ2n) is 11.8. The summed E-state index contributed by atoms with van der Waals surface area (Å²) in [6.45, 7) is 1.30. The highest BCUT2D eigenvalue weighted by Gasteiger charge is 2.76. The predicted octanol–water partition coefficient (Wildman–Crippen LogP) is 6.63. The summed E-state index contributed by atoms with van der Waals surface area (Å²) in [6.07, 6.45) is -9.00. The van der Waals surface area contributed by atoms with Crippen LogP contribution < -0.4 is 4.74 Å². The van der Waals surface area contributed by atoms with Crippen molar-refractivity contribution < 1.29 is 49.8 Å². The molecular weight excluding hydrogens is 538 g/mol. The van der Waals surface area contributed by atoms with Crippen molar-refractivity contribution in [1.29, 1.82) is 0 Å². The van der Waals surface area contributed by atoms with Crippen LogP contribution in [0.3, 0.4) is 0 Å². The van der Waals surface area contributed by atoms with Crippen LogP contribution in [0.25, 0.3) is 0 Å². The molecule has 1 N–H and O–H groups in total. The first-order chi connectivity index (χ1) is 18.0. The summed E-state index contributed by atoms with van der Waals surface area (Å²) in [4.78, 5) is 13.2. The van der Waals surface area contributed by atoms with E-state index in [2.05, 4.69) is 13.0 Å². The third kappa shape index (κ3) is 4.91. The summed E-state index contributed by atoms with van der Waals surface area (Å²) < 4.78 is 117. The van der Waals surface area contributed by atoms with E-state index in [1.807, 2.05) is 0 Å². The lowest BCUT2D eigenvalue weighted by Crippen LogP contribution is -2.67. The second kappa shape index (κ2) is 9.34. The highest BCUT2D eigenvalue weighted by atomic mass is 19.4. The van der Waals surface area contributed by atoms with Gasteiger partial charge in [-0.15, -0.1) is 0 Å². The number of ether oxygens (including phenoxy) is 1. The maximum absolute atomic E-state index is 15.3. The molecule has 2 saturated carbocycles. The van der Waals surface area contributed by atoms with Crippen LogP contribution in [0.5, 0.6) is 5.75 Å². The van der Waals surface area contributed by atoms with Gasteiger partial charge in [0.1, 0.15) is 17.7 Å². The van der Waals surface area contributed by atoms with E-state index in [4.69, 9.17) is 4.74 Å². The predicted molar refractivity (Wildman–Crippen MR) is 123 cm³/mol. The number of fused-ring (bicyclic) bond motifs is 2. The van der Waals surface area contributed by atoms with Gasteiger partial charge >= 0.3 is 12.4 Å². The van der Waals surface area contributed by atoms with Crippen molar-refractivity contribution in [2.24, 2.45) is 11.3 Å². The number of hydrogen-bond acceptors (Lipinski definition) is 3. The molecule has 1 aromatic carbocycles. The lowest BCUT2D eigenvalue weighted by atomic mass is 9.72. The molecule has 1 aliphatic heterocycles. The van der Waals surface area contributed by atoms with Crippen molar-refractivity contribution in [3.63, 3.8) is 0 Å². The SMILES string of the molecule is CC1CC2=CCC(COc3cc(F)c(C(=O)N4C[C@H](F)C[C@H]4C(O)(C(F)(F)F)C(F)(F)F)cc3C3CC3)(C2)C1. The smallest absolute Gasteiger partial charge is 0.428 e. The zero-order valence-electron chi connectivity index (χ0n) is 21.1. The molecule has 0 spiro atoms. The van der Waals surface area contributed by atoms with Crippen LogP contribution in [0.1, 0.15) is 73.7 Å². The first-order valence-corrected chi connectivity index (χ1v) is 13.0. The molecule has 1 heterocycles. The number of amides is 1. The van der Waals surface area contributed by atoms with Gasteiger partial charge in [0.05, 0.1) is 24.8 Å².